The SMILES string of the molecule is CCC(C(=O)NC)N(Cc1ccccc1)C(=O)COc1ccc(Cl)cc1. The van der Waals surface area contributed by atoms with Gasteiger partial charge >= 0.3 is 0 Å². The van der Waals surface area contributed by atoms with Crippen LogP contribution in [-0.2, 0) is 16.1 Å². The first kappa shape index (κ1) is 19.8. The van der Waals surface area contributed by atoms with E-state index in [9.17, 15) is 9.59 Å². The van der Waals surface area contributed by atoms with E-state index in [0.717, 1.165) is 5.56 Å². The second kappa shape index (κ2) is 9.82. The van der Waals surface area contributed by atoms with Gasteiger partial charge < -0.3 is 15.0 Å². The quantitative estimate of drug-likeness (QED) is 0.771. The lowest BCUT2D eigenvalue weighted by atomic mass is 10.1. The Kier molecular flexibility index (Phi) is 7.48. The van der Waals surface area contributed by atoms with E-state index in [1.54, 1.807) is 36.2 Å². The maximum Gasteiger partial charge on any atom is 0.261 e. The molecule has 2 amide bonds. The monoisotopic (exact) mass is 374 g/mol. The van der Waals surface area contributed by atoms with Crippen LogP contribution in [0.3, 0.4) is 0 Å². The molecule has 1 N–H and O–H groups in total. The second-order valence-electron chi connectivity index (χ2n) is 5.79. The summed E-state index contributed by atoms with van der Waals surface area (Å²) < 4.78 is 5.57. The molecule has 1 atom stereocenters. The zero-order valence-electron chi connectivity index (χ0n) is 14.9. The lowest BCUT2D eigenvalue weighted by Crippen LogP contribution is -2.49. The predicted molar refractivity (Wildman–Crippen MR) is 102 cm³/mol. The van der Waals surface area contributed by atoms with Crippen LogP contribution in [0.5, 0.6) is 5.75 Å². The van der Waals surface area contributed by atoms with Gasteiger partial charge in [-0.15, -0.1) is 0 Å². The third kappa shape index (κ3) is 5.49. The van der Waals surface area contributed by atoms with Gasteiger partial charge in [0, 0.05) is 18.6 Å². The number of likely N-dealkylation sites (N-methyl/N-ethyl adjacent to an activating group) is 1. The first-order chi connectivity index (χ1) is 12.5. The maximum atomic E-state index is 12.8. The molecule has 0 saturated carbocycles. The number of amides is 2. The normalized spacial score (nSPS) is 11.5. The van der Waals surface area contributed by atoms with Gasteiger partial charge in [0.1, 0.15) is 11.8 Å². The van der Waals surface area contributed by atoms with E-state index in [1.165, 1.54) is 0 Å². The Morgan fingerprint density at radius 3 is 2.35 bits per heavy atom. The van der Waals surface area contributed by atoms with Gasteiger partial charge in [-0.05, 0) is 36.2 Å². The van der Waals surface area contributed by atoms with Crippen LogP contribution in [0.4, 0.5) is 0 Å². The van der Waals surface area contributed by atoms with Crippen LogP contribution in [-0.4, -0.2) is 36.4 Å². The molecule has 0 saturated heterocycles. The third-order valence-corrected chi connectivity index (χ3v) is 4.26. The van der Waals surface area contributed by atoms with E-state index >= 15 is 0 Å². The highest BCUT2D eigenvalue weighted by molar-refractivity contribution is 6.30. The van der Waals surface area contributed by atoms with Crippen LogP contribution in [0.2, 0.25) is 5.02 Å². The lowest BCUT2D eigenvalue weighted by molar-refractivity contribution is -0.142. The Morgan fingerprint density at radius 1 is 1.12 bits per heavy atom. The van der Waals surface area contributed by atoms with Gasteiger partial charge in [0.15, 0.2) is 6.61 Å². The van der Waals surface area contributed by atoms with Crippen molar-refractivity contribution in [3.8, 4) is 5.75 Å². The van der Waals surface area contributed by atoms with Crippen LogP contribution < -0.4 is 10.1 Å². The summed E-state index contributed by atoms with van der Waals surface area (Å²) in [6, 6.07) is 15.8. The summed E-state index contributed by atoms with van der Waals surface area (Å²) in [5.41, 5.74) is 0.953. The number of ether oxygens (including phenoxy) is 1. The van der Waals surface area contributed by atoms with E-state index in [0.29, 0.717) is 23.7 Å². The molecule has 0 aromatic heterocycles. The standard InChI is InChI=1S/C20H23ClN2O3/c1-3-18(20(25)22-2)23(13-15-7-5-4-6-8-15)19(24)14-26-17-11-9-16(21)10-12-17/h4-12,18H,3,13-14H2,1-2H3,(H,22,25). The van der Waals surface area contributed by atoms with Crippen molar-refractivity contribution in [1.29, 1.82) is 0 Å². The van der Waals surface area contributed by atoms with Crippen molar-refractivity contribution in [1.82, 2.24) is 10.2 Å². The molecule has 2 rings (SSSR count). The number of carbonyl (C=O) groups is 2. The van der Waals surface area contributed by atoms with Crippen molar-refractivity contribution in [3.05, 3.63) is 65.2 Å². The smallest absolute Gasteiger partial charge is 0.261 e. The highest BCUT2D eigenvalue weighted by atomic mass is 35.5. The first-order valence-electron chi connectivity index (χ1n) is 8.48. The lowest BCUT2D eigenvalue weighted by Gasteiger charge is -2.30. The summed E-state index contributed by atoms with van der Waals surface area (Å²) in [5, 5.41) is 3.23. The molecule has 5 nitrogen and oxygen atoms in total. The summed E-state index contributed by atoms with van der Waals surface area (Å²) in [7, 11) is 1.57. The van der Waals surface area contributed by atoms with Gasteiger partial charge in [0.05, 0.1) is 0 Å². The molecule has 0 bridgehead atoms. The van der Waals surface area contributed by atoms with Crippen molar-refractivity contribution in [3.63, 3.8) is 0 Å². The number of rotatable bonds is 8. The van der Waals surface area contributed by atoms with Gasteiger partial charge in [-0.1, -0.05) is 48.9 Å². The van der Waals surface area contributed by atoms with Gasteiger partial charge in [0.2, 0.25) is 5.91 Å². The van der Waals surface area contributed by atoms with E-state index < -0.39 is 6.04 Å². The Hall–Kier alpha value is -2.53. The van der Waals surface area contributed by atoms with Crippen molar-refractivity contribution in [2.45, 2.75) is 25.9 Å². The van der Waals surface area contributed by atoms with Crippen LogP contribution >= 0.6 is 11.6 Å². The third-order valence-electron chi connectivity index (χ3n) is 4.00. The molecule has 0 fully saturated rings. The molecular weight excluding hydrogens is 352 g/mol. The highest BCUT2D eigenvalue weighted by Gasteiger charge is 2.28. The van der Waals surface area contributed by atoms with Gasteiger partial charge in [-0.25, -0.2) is 0 Å². The van der Waals surface area contributed by atoms with Crippen molar-refractivity contribution in [2.75, 3.05) is 13.7 Å². The Labute approximate surface area is 158 Å². The summed E-state index contributed by atoms with van der Waals surface area (Å²) in [6.07, 6.45) is 0.513. The molecule has 0 heterocycles. The van der Waals surface area contributed by atoms with Crippen LogP contribution in [0.1, 0.15) is 18.9 Å². The number of nitrogens with one attached hydrogen (secondary N) is 1. The van der Waals surface area contributed by atoms with Crippen molar-refractivity contribution < 1.29 is 14.3 Å². The molecule has 6 heteroatoms. The molecular formula is C20H23ClN2O3. The fraction of sp³-hybridized carbons (Fsp3) is 0.300. The molecule has 138 valence electrons. The molecule has 0 aliphatic heterocycles. The first-order valence-corrected chi connectivity index (χ1v) is 8.86. The predicted octanol–water partition coefficient (Wildman–Crippen LogP) is 3.27. The molecule has 0 aliphatic carbocycles. The summed E-state index contributed by atoms with van der Waals surface area (Å²) in [4.78, 5) is 26.6. The topological polar surface area (TPSA) is 58.6 Å². The summed E-state index contributed by atoms with van der Waals surface area (Å²) in [6.45, 7) is 2.07. The molecule has 0 radical (unpaired) electrons. The van der Waals surface area contributed by atoms with Crippen LogP contribution in [0.15, 0.2) is 54.6 Å². The number of hydrogen-bond donors (Lipinski definition) is 1. The average Bonchev–Trinajstić information content (AvgIpc) is 2.67. The van der Waals surface area contributed by atoms with E-state index in [-0.39, 0.29) is 18.4 Å². The Bertz CT molecular complexity index is 720. The van der Waals surface area contributed by atoms with Crippen molar-refractivity contribution >= 4 is 23.4 Å². The number of benzene rings is 2. The van der Waals surface area contributed by atoms with Crippen LogP contribution in [0, 0.1) is 0 Å². The molecule has 26 heavy (non-hydrogen) atoms. The summed E-state index contributed by atoms with van der Waals surface area (Å²) >= 11 is 5.85. The fourth-order valence-electron chi connectivity index (χ4n) is 2.63. The highest BCUT2D eigenvalue weighted by Crippen LogP contribution is 2.17. The molecule has 2 aromatic carbocycles. The molecule has 0 spiro atoms. The zero-order valence-corrected chi connectivity index (χ0v) is 15.7. The minimum Gasteiger partial charge on any atom is -0.484 e. The maximum absolute atomic E-state index is 12.8. The van der Waals surface area contributed by atoms with E-state index in [4.69, 9.17) is 16.3 Å². The van der Waals surface area contributed by atoms with Gasteiger partial charge in [0.25, 0.3) is 5.91 Å². The van der Waals surface area contributed by atoms with E-state index in [2.05, 4.69) is 5.32 Å². The van der Waals surface area contributed by atoms with Gasteiger partial charge in [-0.3, -0.25) is 9.59 Å². The largest absolute Gasteiger partial charge is 0.484 e. The molecule has 2 aromatic rings. The minimum atomic E-state index is -0.554. The van der Waals surface area contributed by atoms with Crippen LogP contribution in [0.25, 0.3) is 0 Å². The Balaban J connectivity index is 2.13. The summed E-state index contributed by atoms with van der Waals surface area (Å²) in [5.74, 6) is 0.109. The molecule has 0 aliphatic rings. The number of carbonyl (C=O) groups excluding carboxylic acids is 2. The van der Waals surface area contributed by atoms with Crippen molar-refractivity contribution in [2.24, 2.45) is 0 Å². The number of hydrogen-bond acceptors (Lipinski definition) is 3. The number of halogens is 1. The fourth-order valence-corrected chi connectivity index (χ4v) is 2.75. The average molecular weight is 375 g/mol. The van der Waals surface area contributed by atoms with E-state index in [1.807, 2.05) is 37.3 Å². The Morgan fingerprint density at radius 2 is 1.77 bits per heavy atom. The zero-order chi connectivity index (χ0) is 18.9. The minimum absolute atomic E-state index is 0.151. The molecule has 1 unspecified atom stereocenters. The second-order valence-corrected chi connectivity index (χ2v) is 6.22. The number of nitrogens with zero attached hydrogens (tertiary/aromatic N) is 1. The van der Waals surface area contributed by atoms with Gasteiger partial charge in [-0.2, -0.15) is 0 Å².